The number of nitrogens with zero attached hydrogens (tertiary/aromatic N) is 1. The molecule has 1 saturated carbocycles. The molecule has 2 atom stereocenters. The molecule has 1 N–H and O–H groups in total. The van der Waals surface area contributed by atoms with E-state index in [4.69, 9.17) is 0 Å². The fraction of sp³-hybridized carbons (Fsp3) is 0.500. The molecule has 0 spiro atoms. The molecule has 0 radical (unpaired) electrons. The van der Waals surface area contributed by atoms with E-state index in [1.807, 2.05) is 6.92 Å². The molecular weight excluding hydrogens is 303 g/mol. The zero-order valence-corrected chi connectivity index (χ0v) is 13.2. The molecule has 3 rings (SSSR count). The number of amides is 2. The lowest BCUT2D eigenvalue weighted by Crippen LogP contribution is -2.48. The van der Waals surface area contributed by atoms with Gasteiger partial charge in [-0.05, 0) is 31.4 Å². The van der Waals surface area contributed by atoms with E-state index < -0.39 is 11.9 Å². The molecule has 1 aliphatic heterocycles. The molecule has 1 saturated heterocycles. The van der Waals surface area contributed by atoms with Gasteiger partial charge in [0, 0.05) is 11.7 Å². The number of rotatable bonds is 4. The van der Waals surface area contributed by atoms with Crippen LogP contribution in [0, 0.1) is 11.7 Å². The second-order valence-corrected chi connectivity index (χ2v) is 6.91. The Labute approximate surface area is 133 Å². The number of carbonyl (C=O) groups excluding carboxylic acids is 2. The van der Waals surface area contributed by atoms with Crippen LogP contribution in [0.5, 0.6) is 0 Å². The average Bonchev–Trinajstić information content (AvgIpc) is 3.27. The maximum absolute atomic E-state index is 13.7. The van der Waals surface area contributed by atoms with Crippen molar-refractivity contribution in [3.05, 3.63) is 30.1 Å². The Balaban J connectivity index is 1.75. The van der Waals surface area contributed by atoms with Gasteiger partial charge in [-0.3, -0.25) is 9.59 Å². The summed E-state index contributed by atoms with van der Waals surface area (Å²) >= 11 is 1.63. The average molecular weight is 322 g/mol. The Hall–Kier alpha value is -1.56. The van der Waals surface area contributed by atoms with E-state index in [9.17, 15) is 14.0 Å². The molecule has 118 valence electrons. The molecule has 2 aliphatic rings. The van der Waals surface area contributed by atoms with Crippen molar-refractivity contribution >= 4 is 29.3 Å². The first-order valence-corrected chi connectivity index (χ1v) is 8.66. The number of halogens is 1. The molecule has 2 amide bonds. The first-order valence-electron chi connectivity index (χ1n) is 7.61. The molecule has 2 fully saturated rings. The maximum atomic E-state index is 13.7. The molecule has 1 aromatic carbocycles. The maximum Gasteiger partial charge on any atom is 0.248 e. The van der Waals surface area contributed by atoms with E-state index in [0.717, 1.165) is 19.3 Å². The van der Waals surface area contributed by atoms with Gasteiger partial charge in [-0.25, -0.2) is 4.39 Å². The summed E-state index contributed by atoms with van der Waals surface area (Å²) in [6.45, 7) is 2.02. The monoisotopic (exact) mass is 322 g/mol. The van der Waals surface area contributed by atoms with E-state index >= 15 is 0 Å². The van der Waals surface area contributed by atoms with Crippen LogP contribution < -0.4 is 5.32 Å². The van der Waals surface area contributed by atoms with Gasteiger partial charge in [0.2, 0.25) is 11.8 Å². The molecule has 4 nitrogen and oxygen atoms in total. The molecular formula is C16H19FN2O2S. The molecule has 1 aliphatic carbocycles. The van der Waals surface area contributed by atoms with E-state index in [-0.39, 0.29) is 28.8 Å². The minimum atomic E-state index is -0.511. The third-order valence-electron chi connectivity index (χ3n) is 4.06. The highest BCUT2D eigenvalue weighted by Crippen LogP contribution is 2.38. The Morgan fingerprint density at radius 1 is 1.36 bits per heavy atom. The number of anilines is 1. The van der Waals surface area contributed by atoms with Gasteiger partial charge in [0.25, 0.3) is 0 Å². The Morgan fingerprint density at radius 3 is 2.73 bits per heavy atom. The molecule has 2 unspecified atom stereocenters. The second kappa shape index (κ2) is 6.28. The lowest BCUT2D eigenvalue weighted by Gasteiger charge is -2.28. The third kappa shape index (κ3) is 2.97. The zero-order chi connectivity index (χ0) is 15.7. The predicted octanol–water partition coefficient (Wildman–Crippen LogP) is 2.85. The molecule has 1 aromatic rings. The zero-order valence-electron chi connectivity index (χ0n) is 12.4. The van der Waals surface area contributed by atoms with Gasteiger partial charge in [0.05, 0.1) is 11.1 Å². The lowest BCUT2D eigenvalue weighted by atomic mass is 10.2. The molecule has 0 bridgehead atoms. The normalized spacial score (nSPS) is 24.4. The standard InChI is InChI=1S/C16H19FN2O2S/c1-2-14-19(16(21)10-7-8-10)13(9-22-14)15(20)18-12-6-4-3-5-11(12)17/h3-6,10,13-14H,2,7-9H2,1H3,(H,18,20). The van der Waals surface area contributed by atoms with Crippen LogP contribution in [0.4, 0.5) is 10.1 Å². The molecule has 0 aromatic heterocycles. The van der Waals surface area contributed by atoms with Crippen molar-refractivity contribution < 1.29 is 14.0 Å². The molecule has 6 heteroatoms. The van der Waals surface area contributed by atoms with E-state index in [0.29, 0.717) is 5.75 Å². The van der Waals surface area contributed by atoms with Crippen LogP contribution in [-0.2, 0) is 9.59 Å². The van der Waals surface area contributed by atoms with Crippen molar-refractivity contribution in [2.75, 3.05) is 11.1 Å². The Morgan fingerprint density at radius 2 is 2.09 bits per heavy atom. The second-order valence-electron chi connectivity index (χ2n) is 5.70. The van der Waals surface area contributed by atoms with E-state index in [1.165, 1.54) is 12.1 Å². The van der Waals surface area contributed by atoms with Gasteiger partial charge in [0.1, 0.15) is 11.9 Å². The Kier molecular flexibility index (Phi) is 4.38. The topological polar surface area (TPSA) is 49.4 Å². The van der Waals surface area contributed by atoms with Crippen molar-refractivity contribution in [1.82, 2.24) is 4.90 Å². The van der Waals surface area contributed by atoms with Crippen LogP contribution in [0.1, 0.15) is 26.2 Å². The number of hydrogen-bond acceptors (Lipinski definition) is 3. The fourth-order valence-corrected chi connectivity index (χ4v) is 4.06. The van der Waals surface area contributed by atoms with Gasteiger partial charge >= 0.3 is 0 Å². The number of hydrogen-bond donors (Lipinski definition) is 1. The van der Waals surface area contributed by atoms with Crippen LogP contribution in [0.15, 0.2) is 24.3 Å². The van der Waals surface area contributed by atoms with Crippen LogP contribution in [0.2, 0.25) is 0 Å². The van der Waals surface area contributed by atoms with Crippen molar-refractivity contribution in [3.8, 4) is 0 Å². The Bertz CT molecular complexity index is 591. The first kappa shape index (κ1) is 15.3. The molecule has 22 heavy (non-hydrogen) atoms. The van der Waals surface area contributed by atoms with Gasteiger partial charge in [-0.15, -0.1) is 11.8 Å². The van der Waals surface area contributed by atoms with Gasteiger partial charge in [-0.2, -0.15) is 0 Å². The number of benzene rings is 1. The summed E-state index contributed by atoms with van der Waals surface area (Å²) < 4.78 is 13.7. The number of thioether (sulfide) groups is 1. The third-order valence-corrected chi connectivity index (χ3v) is 5.51. The number of carbonyl (C=O) groups is 2. The summed E-state index contributed by atoms with van der Waals surface area (Å²) in [7, 11) is 0. The highest BCUT2D eigenvalue weighted by Gasteiger charge is 2.45. The summed E-state index contributed by atoms with van der Waals surface area (Å²) in [4.78, 5) is 26.7. The van der Waals surface area contributed by atoms with Crippen LogP contribution in [0.25, 0.3) is 0 Å². The lowest BCUT2D eigenvalue weighted by molar-refractivity contribution is -0.139. The van der Waals surface area contributed by atoms with Crippen LogP contribution >= 0.6 is 11.8 Å². The predicted molar refractivity (Wildman–Crippen MR) is 84.9 cm³/mol. The first-order chi connectivity index (χ1) is 10.6. The quantitative estimate of drug-likeness (QED) is 0.927. The summed E-state index contributed by atoms with van der Waals surface area (Å²) in [5, 5.41) is 2.67. The summed E-state index contributed by atoms with van der Waals surface area (Å²) in [6.07, 6.45) is 2.64. The van der Waals surface area contributed by atoms with Gasteiger partial charge in [-0.1, -0.05) is 19.1 Å². The smallest absolute Gasteiger partial charge is 0.248 e. The van der Waals surface area contributed by atoms with Crippen molar-refractivity contribution in [2.24, 2.45) is 5.92 Å². The van der Waals surface area contributed by atoms with E-state index in [2.05, 4.69) is 5.32 Å². The summed E-state index contributed by atoms with van der Waals surface area (Å²) in [5.41, 5.74) is 0.163. The number of para-hydroxylation sites is 1. The highest BCUT2D eigenvalue weighted by atomic mass is 32.2. The van der Waals surface area contributed by atoms with Crippen molar-refractivity contribution in [3.63, 3.8) is 0 Å². The minimum Gasteiger partial charge on any atom is -0.322 e. The van der Waals surface area contributed by atoms with Crippen molar-refractivity contribution in [2.45, 2.75) is 37.6 Å². The fourth-order valence-electron chi connectivity index (χ4n) is 2.70. The summed E-state index contributed by atoms with van der Waals surface area (Å²) in [5.74, 6) is -0.0461. The number of nitrogens with one attached hydrogen (secondary N) is 1. The SMILES string of the molecule is CCC1SCC(C(=O)Nc2ccccc2F)N1C(=O)C1CC1. The van der Waals surface area contributed by atoms with Crippen molar-refractivity contribution in [1.29, 1.82) is 0 Å². The highest BCUT2D eigenvalue weighted by molar-refractivity contribution is 8.00. The minimum absolute atomic E-state index is 0.0458. The summed E-state index contributed by atoms with van der Waals surface area (Å²) in [6, 6.07) is 5.57. The van der Waals surface area contributed by atoms with E-state index in [1.54, 1.807) is 28.8 Å². The van der Waals surface area contributed by atoms with Gasteiger partial charge in [0.15, 0.2) is 0 Å². The largest absolute Gasteiger partial charge is 0.322 e. The van der Waals surface area contributed by atoms with Crippen LogP contribution in [-0.4, -0.2) is 33.9 Å². The molecule has 1 heterocycles. The van der Waals surface area contributed by atoms with Gasteiger partial charge < -0.3 is 10.2 Å². The van der Waals surface area contributed by atoms with Crippen LogP contribution in [0.3, 0.4) is 0 Å².